The van der Waals surface area contributed by atoms with Crippen molar-refractivity contribution < 1.29 is 9.21 Å². The summed E-state index contributed by atoms with van der Waals surface area (Å²) in [5, 5.41) is 0. The van der Waals surface area contributed by atoms with Crippen molar-refractivity contribution in [3.63, 3.8) is 0 Å². The first-order valence-electron chi connectivity index (χ1n) is 6.33. The average Bonchev–Trinajstić information content (AvgIpc) is 2.85. The van der Waals surface area contributed by atoms with Crippen molar-refractivity contribution in [3.8, 4) is 0 Å². The lowest BCUT2D eigenvalue weighted by molar-refractivity contribution is -0.151. The smallest absolute Gasteiger partial charge is 0.243 e. The van der Waals surface area contributed by atoms with E-state index >= 15 is 0 Å². The molecule has 0 unspecified atom stereocenters. The summed E-state index contributed by atoms with van der Waals surface area (Å²) in [6, 6.07) is 13.0. The number of rotatable bonds is 3. The molecule has 3 rings (SSSR count). The van der Waals surface area contributed by atoms with Crippen molar-refractivity contribution in [2.24, 2.45) is 5.73 Å². The largest absolute Gasteiger partial charge is 0.464 e. The van der Waals surface area contributed by atoms with Crippen molar-refractivity contribution in [2.75, 3.05) is 0 Å². The van der Waals surface area contributed by atoms with Gasteiger partial charge in [-0.05, 0) is 24.6 Å². The Bertz CT molecular complexity index is 591. The Labute approximate surface area is 111 Å². The van der Waals surface area contributed by atoms with Gasteiger partial charge in [-0.2, -0.15) is 0 Å². The molecule has 0 saturated carbocycles. The Hall–Kier alpha value is -2.07. The van der Waals surface area contributed by atoms with Crippen LogP contribution in [0.25, 0.3) is 0 Å². The number of likely N-dealkylation sites (tertiary alicyclic amines) is 1. The van der Waals surface area contributed by atoms with Gasteiger partial charge in [-0.15, -0.1) is 0 Å². The van der Waals surface area contributed by atoms with Gasteiger partial charge in [-0.1, -0.05) is 30.3 Å². The van der Waals surface area contributed by atoms with E-state index in [0.29, 0.717) is 6.54 Å². The third-order valence-electron chi connectivity index (χ3n) is 3.49. The topological polar surface area (TPSA) is 59.5 Å². The van der Waals surface area contributed by atoms with E-state index in [9.17, 15) is 4.79 Å². The van der Waals surface area contributed by atoms with Gasteiger partial charge >= 0.3 is 0 Å². The number of hydrogen-bond acceptors (Lipinski definition) is 3. The predicted molar refractivity (Wildman–Crippen MR) is 71.2 cm³/mol. The van der Waals surface area contributed by atoms with Crippen molar-refractivity contribution in [3.05, 3.63) is 59.5 Å². The van der Waals surface area contributed by atoms with Crippen LogP contribution in [0.2, 0.25) is 0 Å². The second-order valence-corrected chi connectivity index (χ2v) is 4.87. The van der Waals surface area contributed by atoms with E-state index in [1.165, 1.54) is 0 Å². The lowest BCUT2D eigenvalue weighted by Crippen LogP contribution is -2.62. The Morgan fingerprint density at radius 2 is 1.95 bits per heavy atom. The van der Waals surface area contributed by atoms with E-state index in [0.717, 1.165) is 17.1 Å². The number of amides is 1. The molecule has 19 heavy (non-hydrogen) atoms. The Morgan fingerprint density at radius 3 is 2.58 bits per heavy atom. The summed E-state index contributed by atoms with van der Waals surface area (Å²) in [5.41, 5.74) is 6.99. The summed E-state index contributed by atoms with van der Waals surface area (Å²) >= 11 is 0. The summed E-state index contributed by atoms with van der Waals surface area (Å²) in [5.74, 6) is 1.57. The zero-order valence-electron chi connectivity index (χ0n) is 10.7. The number of carbonyl (C=O) groups is 1. The van der Waals surface area contributed by atoms with Crippen molar-refractivity contribution in [1.82, 2.24) is 4.90 Å². The lowest BCUT2D eigenvalue weighted by atomic mass is 9.93. The van der Waals surface area contributed by atoms with Crippen LogP contribution in [0.1, 0.15) is 23.1 Å². The maximum atomic E-state index is 11.9. The first kappa shape index (κ1) is 12.0. The van der Waals surface area contributed by atoms with E-state index < -0.39 is 6.04 Å². The number of nitrogens with zero attached hydrogens (tertiary/aromatic N) is 1. The molecule has 1 aliphatic heterocycles. The maximum absolute atomic E-state index is 11.9. The molecule has 1 aromatic carbocycles. The van der Waals surface area contributed by atoms with Crippen LogP contribution in [0.15, 0.2) is 46.9 Å². The molecular formula is C15H16N2O2. The van der Waals surface area contributed by atoms with Crippen molar-refractivity contribution >= 4 is 5.91 Å². The summed E-state index contributed by atoms with van der Waals surface area (Å²) in [6.07, 6.45) is 0. The maximum Gasteiger partial charge on any atom is 0.243 e. The molecule has 0 radical (unpaired) electrons. The van der Waals surface area contributed by atoms with Crippen LogP contribution in [0.5, 0.6) is 0 Å². The average molecular weight is 256 g/mol. The Kier molecular flexibility index (Phi) is 2.87. The van der Waals surface area contributed by atoms with Gasteiger partial charge in [0.1, 0.15) is 23.6 Å². The molecule has 4 heteroatoms. The van der Waals surface area contributed by atoms with Crippen LogP contribution in [0, 0.1) is 6.92 Å². The molecule has 1 aliphatic rings. The molecule has 2 N–H and O–H groups in total. The van der Waals surface area contributed by atoms with E-state index in [2.05, 4.69) is 0 Å². The number of β-lactam (4-membered cyclic amide) rings is 1. The van der Waals surface area contributed by atoms with Crippen molar-refractivity contribution in [1.29, 1.82) is 0 Å². The lowest BCUT2D eigenvalue weighted by Gasteiger charge is -2.44. The van der Waals surface area contributed by atoms with E-state index in [1.807, 2.05) is 49.4 Å². The fourth-order valence-electron chi connectivity index (χ4n) is 2.47. The van der Waals surface area contributed by atoms with E-state index in [1.54, 1.807) is 4.90 Å². The highest BCUT2D eigenvalue weighted by Crippen LogP contribution is 2.35. The zero-order chi connectivity index (χ0) is 13.4. The second-order valence-electron chi connectivity index (χ2n) is 4.87. The van der Waals surface area contributed by atoms with Crippen LogP contribution in [0.4, 0.5) is 0 Å². The van der Waals surface area contributed by atoms with Crippen LogP contribution >= 0.6 is 0 Å². The second kappa shape index (κ2) is 4.55. The predicted octanol–water partition coefficient (Wildman–Crippen LogP) is 2.00. The van der Waals surface area contributed by atoms with Gasteiger partial charge < -0.3 is 15.1 Å². The third-order valence-corrected chi connectivity index (χ3v) is 3.49. The van der Waals surface area contributed by atoms with E-state index in [4.69, 9.17) is 10.2 Å². The first-order chi connectivity index (χ1) is 9.16. The van der Waals surface area contributed by atoms with Gasteiger partial charge in [-0.25, -0.2) is 0 Å². The van der Waals surface area contributed by atoms with Gasteiger partial charge in [-0.3, -0.25) is 4.79 Å². The normalized spacial score (nSPS) is 22.4. The standard InChI is InChI=1S/C15H16N2O2/c1-10-7-8-12(19-10)14-13(16)15(18)17(14)9-11-5-3-2-4-6-11/h2-8,13-14H,9,16H2,1H3/t13-,14-/m0/s1. The Morgan fingerprint density at radius 1 is 1.21 bits per heavy atom. The number of benzene rings is 1. The van der Waals surface area contributed by atoms with Crippen molar-refractivity contribution in [2.45, 2.75) is 25.6 Å². The molecule has 1 fully saturated rings. The summed E-state index contributed by atoms with van der Waals surface area (Å²) in [4.78, 5) is 13.7. The first-order valence-corrected chi connectivity index (χ1v) is 6.33. The molecule has 2 aromatic rings. The quantitative estimate of drug-likeness (QED) is 0.854. The van der Waals surface area contributed by atoms with E-state index in [-0.39, 0.29) is 11.9 Å². The molecule has 0 bridgehead atoms. The highest BCUT2D eigenvalue weighted by molar-refractivity contribution is 5.89. The minimum atomic E-state index is -0.491. The van der Waals surface area contributed by atoms with Gasteiger partial charge in [0.05, 0.1) is 0 Å². The zero-order valence-corrected chi connectivity index (χ0v) is 10.7. The third kappa shape index (κ3) is 2.04. The molecule has 1 aromatic heterocycles. The Balaban J connectivity index is 1.82. The fourth-order valence-corrected chi connectivity index (χ4v) is 2.47. The molecular weight excluding hydrogens is 240 g/mol. The number of hydrogen-bond donors (Lipinski definition) is 1. The van der Waals surface area contributed by atoms with Gasteiger partial charge in [0.25, 0.3) is 0 Å². The number of carbonyl (C=O) groups excluding carboxylic acids is 1. The molecule has 2 atom stereocenters. The van der Waals surface area contributed by atoms with Crippen LogP contribution in [0.3, 0.4) is 0 Å². The number of nitrogens with two attached hydrogens (primary N) is 1. The highest BCUT2D eigenvalue weighted by Gasteiger charge is 2.47. The van der Waals surface area contributed by atoms with Gasteiger partial charge in [0.2, 0.25) is 5.91 Å². The molecule has 98 valence electrons. The van der Waals surface area contributed by atoms with Crippen LogP contribution in [-0.2, 0) is 11.3 Å². The van der Waals surface area contributed by atoms with Gasteiger partial charge in [0.15, 0.2) is 0 Å². The SMILES string of the molecule is Cc1ccc([C@H]2[C@H](N)C(=O)N2Cc2ccccc2)o1. The fraction of sp³-hybridized carbons (Fsp3) is 0.267. The van der Waals surface area contributed by atoms with Crippen LogP contribution in [-0.4, -0.2) is 16.8 Å². The number of furan rings is 1. The molecule has 1 saturated heterocycles. The van der Waals surface area contributed by atoms with Gasteiger partial charge in [0, 0.05) is 6.54 Å². The molecule has 1 amide bonds. The molecule has 0 spiro atoms. The summed E-state index contributed by atoms with van der Waals surface area (Å²) < 4.78 is 5.60. The summed E-state index contributed by atoms with van der Waals surface area (Å²) in [6.45, 7) is 2.45. The minimum absolute atomic E-state index is 0.0251. The number of aryl methyl sites for hydroxylation is 1. The minimum Gasteiger partial charge on any atom is -0.464 e. The van der Waals surface area contributed by atoms with Crippen LogP contribution < -0.4 is 5.73 Å². The summed E-state index contributed by atoms with van der Waals surface area (Å²) in [7, 11) is 0. The highest BCUT2D eigenvalue weighted by atomic mass is 16.3. The molecule has 0 aliphatic carbocycles. The molecule has 4 nitrogen and oxygen atoms in total. The molecule has 2 heterocycles. The monoisotopic (exact) mass is 256 g/mol.